The molecule has 4 heteroatoms. The summed E-state index contributed by atoms with van der Waals surface area (Å²) in [5, 5.41) is 9.07. The zero-order valence-electron chi connectivity index (χ0n) is 11.8. The number of nitrogens with zero attached hydrogens (tertiary/aromatic N) is 1. The summed E-state index contributed by atoms with van der Waals surface area (Å²) in [6, 6.07) is 7.68. The van der Waals surface area contributed by atoms with Crippen LogP contribution in [0.5, 0.6) is 0 Å². The van der Waals surface area contributed by atoms with Crippen molar-refractivity contribution in [1.82, 2.24) is 4.90 Å². The van der Waals surface area contributed by atoms with Gasteiger partial charge in [-0.1, -0.05) is 29.8 Å². The summed E-state index contributed by atoms with van der Waals surface area (Å²) in [4.78, 5) is 24.6. The first-order valence-electron chi connectivity index (χ1n) is 7.16. The number of hydrogen-bond donors (Lipinski definition) is 1. The molecule has 4 nitrogen and oxygen atoms in total. The number of aliphatic carboxylic acids is 1. The van der Waals surface area contributed by atoms with Gasteiger partial charge in [0.2, 0.25) is 5.91 Å². The van der Waals surface area contributed by atoms with Crippen LogP contribution in [0.2, 0.25) is 0 Å². The van der Waals surface area contributed by atoms with Crippen LogP contribution in [0.4, 0.5) is 0 Å². The first-order chi connectivity index (χ1) is 9.58. The van der Waals surface area contributed by atoms with Crippen molar-refractivity contribution in [2.75, 3.05) is 6.54 Å². The Balaban J connectivity index is 1.80. The van der Waals surface area contributed by atoms with Crippen molar-refractivity contribution in [1.29, 1.82) is 0 Å². The molecule has 1 aromatic rings. The summed E-state index contributed by atoms with van der Waals surface area (Å²) in [7, 11) is 0. The molecule has 1 fully saturated rings. The maximum absolute atomic E-state index is 12.1. The van der Waals surface area contributed by atoms with Gasteiger partial charge in [0.15, 0.2) is 0 Å². The third kappa shape index (κ3) is 3.59. The van der Waals surface area contributed by atoms with Crippen LogP contribution >= 0.6 is 0 Å². The van der Waals surface area contributed by atoms with Crippen molar-refractivity contribution >= 4 is 11.9 Å². The highest BCUT2D eigenvalue weighted by Crippen LogP contribution is 2.19. The zero-order valence-corrected chi connectivity index (χ0v) is 11.8. The van der Waals surface area contributed by atoms with E-state index < -0.39 is 12.0 Å². The van der Waals surface area contributed by atoms with Crippen LogP contribution in [0.25, 0.3) is 0 Å². The predicted octanol–water partition coefficient (Wildman–Crippen LogP) is 2.39. The van der Waals surface area contributed by atoms with Crippen molar-refractivity contribution in [3.05, 3.63) is 35.4 Å². The van der Waals surface area contributed by atoms with Gasteiger partial charge in [0, 0.05) is 13.0 Å². The Hall–Kier alpha value is -1.84. The van der Waals surface area contributed by atoms with Crippen LogP contribution in [0.1, 0.15) is 36.8 Å². The summed E-state index contributed by atoms with van der Waals surface area (Å²) >= 11 is 0. The number of carbonyl (C=O) groups is 2. The lowest BCUT2D eigenvalue weighted by Gasteiger charge is -2.21. The molecule has 0 radical (unpaired) electrons. The first-order valence-corrected chi connectivity index (χ1v) is 7.16. The van der Waals surface area contributed by atoms with Gasteiger partial charge in [-0.3, -0.25) is 4.79 Å². The molecule has 2 rings (SSSR count). The standard InChI is InChI=1S/C16H21NO3/c1-12-7-9-13(10-8-12)4-2-6-15(18)17-11-3-5-14(17)16(19)20/h7-10,14H,2-6,11H2,1H3,(H,19,20)/t14-/m0/s1. The number of benzene rings is 1. The fourth-order valence-corrected chi connectivity index (χ4v) is 2.66. The molecular formula is C16H21NO3. The Morgan fingerprint density at radius 3 is 2.65 bits per heavy atom. The van der Waals surface area contributed by atoms with Crippen molar-refractivity contribution in [3.8, 4) is 0 Å². The molecule has 0 aromatic heterocycles. The Morgan fingerprint density at radius 1 is 1.30 bits per heavy atom. The van der Waals surface area contributed by atoms with E-state index in [1.165, 1.54) is 16.0 Å². The molecule has 0 bridgehead atoms. The lowest BCUT2D eigenvalue weighted by atomic mass is 10.1. The van der Waals surface area contributed by atoms with Gasteiger partial charge in [0.25, 0.3) is 0 Å². The zero-order chi connectivity index (χ0) is 14.5. The van der Waals surface area contributed by atoms with E-state index in [2.05, 4.69) is 24.3 Å². The van der Waals surface area contributed by atoms with Gasteiger partial charge in [0.1, 0.15) is 6.04 Å². The monoisotopic (exact) mass is 275 g/mol. The summed E-state index contributed by atoms with van der Waals surface area (Å²) < 4.78 is 0. The molecule has 20 heavy (non-hydrogen) atoms. The minimum absolute atomic E-state index is 0.0259. The van der Waals surface area contributed by atoms with E-state index in [1.807, 2.05) is 6.92 Å². The molecule has 1 aliphatic rings. The van der Waals surface area contributed by atoms with Crippen LogP contribution < -0.4 is 0 Å². The Morgan fingerprint density at radius 2 is 2.00 bits per heavy atom. The molecule has 0 unspecified atom stereocenters. The van der Waals surface area contributed by atoms with Gasteiger partial charge in [0.05, 0.1) is 0 Å². The van der Waals surface area contributed by atoms with E-state index in [4.69, 9.17) is 5.11 Å². The normalized spacial score (nSPS) is 18.2. The minimum atomic E-state index is -0.880. The van der Waals surface area contributed by atoms with Crippen molar-refractivity contribution in [3.63, 3.8) is 0 Å². The highest BCUT2D eigenvalue weighted by molar-refractivity contribution is 5.84. The van der Waals surface area contributed by atoms with Gasteiger partial charge in [-0.25, -0.2) is 4.79 Å². The quantitative estimate of drug-likeness (QED) is 0.897. The number of amides is 1. The third-order valence-corrected chi connectivity index (χ3v) is 3.83. The fourth-order valence-electron chi connectivity index (χ4n) is 2.66. The first kappa shape index (κ1) is 14.6. The second kappa shape index (κ2) is 6.55. The number of rotatable bonds is 5. The number of carboxylic acids is 1. The van der Waals surface area contributed by atoms with Crippen molar-refractivity contribution in [2.24, 2.45) is 0 Å². The molecule has 0 aliphatic carbocycles. The van der Waals surface area contributed by atoms with Crippen molar-refractivity contribution in [2.45, 2.75) is 45.1 Å². The molecule has 1 saturated heterocycles. The smallest absolute Gasteiger partial charge is 0.326 e. The molecule has 1 heterocycles. The van der Waals surface area contributed by atoms with E-state index in [0.29, 0.717) is 19.4 Å². The Bertz CT molecular complexity index is 481. The number of carboxylic acid groups (broad SMARTS) is 1. The lowest BCUT2D eigenvalue weighted by molar-refractivity contribution is -0.148. The molecule has 1 aromatic carbocycles. The molecule has 108 valence electrons. The summed E-state index contributed by atoms with van der Waals surface area (Å²) in [5.74, 6) is -0.906. The largest absolute Gasteiger partial charge is 0.480 e. The van der Waals surface area contributed by atoms with Gasteiger partial charge >= 0.3 is 5.97 Å². The lowest BCUT2D eigenvalue weighted by Crippen LogP contribution is -2.40. The van der Waals surface area contributed by atoms with Gasteiger partial charge < -0.3 is 10.0 Å². The topological polar surface area (TPSA) is 57.6 Å². The number of aryl methyl sites for hydroxylation is 2. The van der Waals surface area contributed by atoms with Crippen molar-refractivity contribution < 1.29 is 14.7 Å². The van der Waals surface area contributed by atoms with Gasteiger partial charge in [-0.05, 0) is 38.2 Å². The highest BCUT2D eigenvalue weighted by Gasteiger charge is 2.33. The molecule has 1 amide bonds. The second-order valence-electron chi connectivity index (χ2n) is 5.42. The van der Waals surface area contributed by atoms with Gasteiger partial charge in [-0.2, -0.15) is 0 Å². The number of hydrogen-bond acceptors (Lipinski definition) is 2. The minimum Gasteiger partial charge on any atom is -0.480 e. The van der Waals surface area contributed by atoms with E-state index in [-0.39, 0.29) is 5.91 Å². The molecule has 1 atom stereocenters. The Kier molecular flexibility index (Phi) is 4.77. The van der Waals surface area contributed by atoms with Crippen LogP contribution in [-0.4, -0.2) is 34.5 Å². The maximum atomic E-state index is 12.1. The maximum Gasteiger partial charge on any atom is 0.326 e. The average molecular weight is 275 g/mol. The molecule has 1 N–H and O–H groups in total. The third-order valence-electron chi connectivity index (χ3n) is 3.83. The molecule has 0 saturated carbocycles. The highest BCUT2D eigenvalue weighted by atomic mass is 16.4. The SMILES string of the molecule is Cc1ccc(CCCC(=O)N2CCC[C@H]2C(=O)O)cc1. The predicted molar refractivity (Wildman–Crippen MR) is 76.5 cm³/mol. The van der Waals surface area contributed by atoms with Crippen LogP contribution in [0, 0.1) is 6.92 Å². The number of carbonyl (C=O) groups excluding carboxylic acids is 1. The molecule has 0 spiro atoms. The van der Waals surface area contributed by atoms with E-state index in [0.717, 1.165) is 19.3 Å². The summed E-state index contributed by atoms with van der Waals surface area (Å²) in [5.41, 5.74) is 2.45. The van der Waals surface area contributed by atoms with Crippen LogP contribution in [0.15, 0.2) is 24.3 Å². The summed E-state index contributed by atoms with van der Waals surface area (Å²) in [6.45, 7) is 2.63. The second-order valence-corrected chi connectivity index (χ2v) is 5.42. The molecule has 1 aliphatic heterocycles. The number of likely N-dealkylation sites (tertiary alicyclic amines) is 1. The Labute approximate surface area is 119 Å². The fraction of sp³-hybridized carbons (Fsp3) is 0.500. The van der Waals surface area contributed by atoms with Crippen LogP contribution in [0.3, 0.4) is 0 Å². The van der Waals surface area contributed by atoms with Gasteiger partial charge in [-0.15, -0.1) is 0 Å². The van der Waals surface area contributed by atoms with E-state index in [9.17, 15) is 9.59 Å². The average Bonchev–Trinajstić information content (AvgIpc) is 2.90. The van der Waals surface area contributed by atoms with E-state index in [1.54, 1.807) is 0 Å². The summed E-state index contributed by atoms with van der Waals surface area (Å²) in [6.07, 6.45) is 3.43. The van der Waals surface area contributed by atoms with Crippen LogP contribution in [-0.2, 0) is 16.0 Å². The van der Waals surface area contributed by atoms with E-state index >= 15 is 0 Å². The molecular weight excluding hydrogens is 254 g/mol.